The number of H-pyrrole nitrogens is 1. The van der Waals surface area contributed by atoms with E-state index in [0.29, 0.717) is 16.9 Å². The van der Waals surface area contributed by atoms with Crippen LogP contribution in [0.4, 0.5) is 14.6 Å². The Labute approximate surface area is 176 Å². The molecule has 0 bridgehead atoms. The molecule has 31 heavy (non-hydrogen) atoms. The Morgan fingerprint density at radius 2 is 1.71 bits per heavy atom. The third-order valence-electron chi connectivity index (χ3n) is 5.40. The number of nitrogen functional groups attached to an aromatic ring is 1. The molecule has 0 aliphatic rings. The molecule has 1 aromatic heterocycles. The van der Waals surface area contributed by atoms with Gasteiger partial charge in [0.25, 0.3) is 0 Å². The molecule has 5 aromatic rings. The van der Waals surface area contributed by atoms with Crippen LogP contribution in [0.15, 0.2) is 72.8 Å². The molecule has 0 fully saturated rings. The molecule has 5 rings (SSSR count). The lowest BCUT2D eigenvalue weighted by molar-refractivity contribution is 0.0994. The molecule has 0 radical (unpaired) electrons. The summed E-state index contributed by atoms with van der Waals surface area (Å²) in [4.78, 5) is 12.9. The van der Waals surface area contributed by atoms with Crippen molar-refractivity contribution >= 4 is 33.3 Å². The van der Waals surface area contributed by atoms with Crippen molar-refractivity contribution in [2.75, 3.05) is 5.73 Å². The summed E-state index contributed by atoms with van der Waals surface area (Å²) < 4.78 is 27.0. The molecule has 6 heteroatoms. The highest BCUT2D eigenvalue weighted by atomic mass is 19.1. The third kappa shape index (κ3) is 3.42. The van der Waals surface area contributed by atoms with Gasteiger partial charge in [0.05, 0.1) is 10.9 Å². The van der Waals surface area contributed by atoms with Crippen molar-refractivity contribution in [1.29, 1.82) is 0 Å². The third-order valence-corrected chi connectivity index (χ3v) is 5.40. The molecule has 0 amide bonds. The molecular weight excluding hydrogens is 396 g/mol. The van der Waals surface area contributed by atoms with E-state index in [9.17, 15) is 13.6 Å². The molecule has 0 aliphatic heterocycles. The Balaban J connectivity index is 1.56. The van der Waals surface area contributed by atoms with Crippen LogP contribution in [0.1, 0.15) is 15.9 Å². The number of nitrogens with zero attached hydrogens (tertiary/aromatic N) is 1. The summed E-state index contributed by atoms with van der Waals surface area (Å²) in [6, 6.07) is 20.2. The van der Waals surface area contributed by atoms with Crippen molar-refractivity contribution in [1.82, 2.24) is 10.2 Å². The van der Waals surface area contributed by atoms with Crippen molar-refractivity contribution < 1.29 is 13.6 Å². The summed E-state index contributed by atoms with van der Waals surface area (Å²) in [6.45, 7) is 0. The Morgan fingerprint density at radius 1 is 0.935 bits per heavy atom. The van der Waals surface area contributed by atoms with Gasteiger partial charge in [-0.05, 0) is 51.7 Å². The molecule has 0 spiro atoms. The number of halogens is 2. The lowest BCUT2D eigenvalue weighted by Gasteiger charge is -2.10. The number of carbonyl (C=O) groups is 1. The minimum Gasteiger partial charge on any atom is -0.382 e. The summed E-state index contributed by atoms with van der Waals surface area (Å²) in [7, 11) is 0. The maximum atomic E-state index is 13.5. The van der Waals surface area contributed by atoms with Crippen LogP contribution in [0, 0.1) is 11.6 Å². The molecular formula is C25H17F2N3O. The van der Waals surface area contributed by atoms with E-state index >= 15 is 0 Å². The first kappa shape index (κ1) is 18.9. The van der Waals surface area contributed by atoms with Crippen LogP contribution in [-0.2, 0) is 6.42 Å². The van der Waals surface area contributed by atoms with Crippen LogP contribution in [0.25, 0.3) is 32.8 Å². The van der Waals surface area contributed by atoms with Gasteiger partial charge in [-0.1, -0.05) is 42.5 Å². The highest BCUT2D eigenvalue weighted by Crippen LogP contribution is 2.33. The van der Waals surface area contributed by atoms with Crippen LogP contribution in [0.2, 0.25) is 0 Å². The summed E-state index contributed by atoms with van der Waals surface area (Å²) in [5, 5.41) is 9.52. The predicted octanol–water partition coefficient (Wildman–Crippen LogP) is 5.67. The molecule has 0 saturated carbocycles. The largest absolute Gasteiger partial charge is 0.382 e. The second kappa shape index (κ2) is 7.32. The minimum absolute atomic E-state index is 0.0829. The van der Waals surface area contributed by atoms with Crippen LogP contribution < -0.4 is 5.73 Å². The van der Waals surface area contributed by atoms with E-state index in [1.54, 1.807) is 12.1 Å². The molecule has 1 heterocycles. The zero-order valence-corrected chi connectivity index (χ0v) is 16.3. The fraction of sp³-hybridized carbons (Fsp3) is 0.0400. The van der Waals surface area contributed by atoms with Gasteiger partial charge < -0.3 is 5.73 Å². The molecule has 3 N–H and O–H groups in total. The van der Waals surface area contributed by atoms with Crippen LogP contribution in [0.3, 0.4) is 0 Å². The van der Waals surface area contributed by atoms with Gasteiger partial charge in [0.1, 0.15) is 11.6 Å². The van der Waals surface area contributed by atoms with Gasteiger partial charge in [-0.3, -0.25) is 9.89 Å². The van der Waals surface area contributed by atoms with Gasteiger partial charge in [0.2, 0.25) is 0 Å². The topological polar surface area (TPSA) is 71.8 Å². The molecule has 0 saturated heterocycles. The number of benzene rings is 4. The highest BCUT2D eigenvalue weighted by Gasteiger charge is 2.14. The Kier molecular flexibility index (Phi) is 4.47. The molecule has 0 atom stereocenters. The number of nitrogens with two attached hydrogens (primary N) is 1. The number of Topliss-reactive ketones (excluding diaryl/α,β-unsaturated/α-hetero) is 1. The number of ketones is 1. The monoisotopic (exact) mass is 413 g/mol. The average molecular weight is 413 g/mol. The first-order chi connectivity index (χ1) is 15.0. The Bertz CT molecular complexity index is 1450. The normalized spacial score (nSPS) is 11.3. The minimum atomic E-state index is -0.696. The van der Waals surface area contributed by atoms with Gasteiger partial charge in [-0.15, -0.1) is 0 Å². The van der Waals surface area contributed by atoms with E-state index in [1.165, 1.54) is 12.1 Å². The summed E-state index contributed by atoms with van der Waals surface area (Å²) in [5.74, 6) is -1.17. The maximum Gasteiger partial charge on any atom is 0.167 e. The van der Waals surface area contributed by atoms with E-state index in [0.717, 1.165) is 38.9 Å². The average Bonchev–Trinajstić information content (AvgIpc) is 3.13. The molecule has 0 aliphatic carbocycles. The lowest BCUT2D eigenvalue weighted by Crippen LogP contribution is -2.05. The quantitative estimate of drug-likeness (QED) is 0.373. The zero-order valence-electron chi connectivity index (χ0n) is 16.3. The second-order valence-corrected chi connectivity index (χ2v) is 7.46. The number of hydrogen-bond acceptors (Lipinski definition) is 3. The van der Waals surface area contributed by atoms with E-state index in [4.69, 9.17) is 5.73 Å². The summed E-state index contributed by atoms with van der Waals surface area (Å²) >= 11 is 0. The fourth-order valence-corrected chi connectivity index (χ4v) is 4.03. The van der Waals surface area contributed by atoms with Crippen LogP contribution in [0.5, 0.6) is 0 Å². The number of rotatable bonds is 4. The smallest absolute Gasteiger partial charge is 0.167 e. The molecule has 0 unspecified atom stereocenters. The van der Waals surface area contributed by atoms with Gasteiger partial charge in [0.15, 0.2) is 11.6 Å². The van der Waals surface area contributed by atoms with E-state index in [2.05, 4.69) is 10.2 Å². The van der Waals surface area contributed by atoms with Crippen LogP contribution >= 0.6 is 0 Å². The van der Waals surface area contributed by atoms with Gasteiger partial charge in [-0.2, -0.15) is 5.10 Å². The summed E-state index contributed by atoms with van der Waals surface area (Å²) in [5.41, 5.74) is 9.60. The van der Waals surface area contributed by atoms with Crippen molar-refractivity contribution in [3.63, 3.8) is 0 Å². The first-order valence-corrected chi connectivity index (χ1v) is 9.73. The van der Waals surface area contributed by atoms with E-state index < -0.39 is 11.6 Å². The van der Waals surface area contributed by atoms with Gasteiger partial charge in [0, 0.05) is 18.1 Å². The number of aromatic amines is 1. The molecule has 152 valence electrons. The van der Waals surface area contributed by atoms with Crippen molar-refractivity contribution in [3.05, 3.63) is 95.6 Å². The van der Waals surface area contributed by atoms with Crippen molar-refractivity contribution in [3.8, 4) is 11.1 Å². The molecule has 4 nitrogen and oxygen atoms in total. The Morgan fingerprint density at radius 3 is 2.52 bits per heavy atom. The number of aromatic nitrogens is 2. The van der Waals surface area contributed by atoms with Crippen LogP contribution in [-0.4, -0.2) is 16.0 Å². The predicted molar refractivity (Wildman–Crippen MR) is 118 cm³/mol. The maximum absolute atomic E-state index is 13.5. The number of nitrogens with one attached hydrogen (secondary N) is 1. The van der Waals surface area contributed by atoms with Gasteiger partial charge in [-0.25, -0.2) is 8.78 Å². The SMILES string of the molecule is Nc1n[nH]c2cccc(-c3ccc4c(C(=O)Cc5cc(F)cc(F)c5)cccc4c3)c12. The highest BCUT2D eigenvalue weighted by molar-refractivity contribution is 6.10. The molecule has 4 aromatic carbocycles. The van der Waals surface area contributed by atoms with Gasteiger partial charge >= 0.3 is 0 Å². The number of carbonyl (C=O) groups excluding carboxylic acids is 1. The first-order valence-electron chi connectivity index (χ1n) is 9.73. The zero-order chi connectivity index (χ0) is 21.5. The summed E-state index contributed by atoms with van der Waals surface area (Å²) in [6.07, 6.45) is -0.0829. The van der Waals surface area contributed by atoms with E-state index in [1.807, 2.05) is 42.5 Å². The van der Waals surface area contributed by atoms with Crippen molar-refractivity contribution in [2.45, 2.75) is 6.42 Å². The van der Waals surface area contributed by atoms with E-state index in [-0.39, 0.29) is 12.2 Å². The number of anilines is 1. The Hall–Kier alpha value is -4.06. The van der Waals surface area contributed by atoms with Crippen molar-refractivity contribution in [2.24, 2.45) is 0 Å². The lowest BCUT2D eigenvalue weighted by atomic mass is 9.94. The second-order valence-electron chi connectivity index (χ2n) is 7.46. The fourth-order valence-electron chi connectivity index (χ4n) is 4.03. The number of hydrogen-bond donors (Lipinski definition) is 2. The number of fused-ring (bicyclic) bond motifs is 2. The standard InChI is InChI=1S/C25H17F2N3O/c26-17-9-14(10-18(27)13-17)11-23(31)21-5-1-3-15-12-16(7-8-19(15)21)20-4-2-6-22-24(20)25(28)30-29-22/h1-10,12-13H,11H2,(H3,28,29,30).